The molecule has 2 aromatic carbocycles. The Morgan fingerprint density at radius 1 is 1.13 bits per heavy atom. The molecule has 7 heteroatoms. The van der Waals surface area contributed by atoms with Gasteiger partial charge in [-0.3, -0.25) is 0 Å². The van der Waals surface area contributed by atoms with Crippen LogP contribution in [-0.2, 0) is 0 Å². The number of fused-ring (bicyclic) bond motifs is 1. The van der Waals surface area contributed by atoms with Crippen LogP contribution in [0.2, 0.25) is 10.0 Å². The van der Waals surface area contributed by atoms with Gasteiger partial charge < -0.3 is 20.1 Å². The number of rotatable bonds is 3. The Hall–Kier alpha value is -1.69. The van der Waals surface area contributed by atoms with Crippen LogP contribution in [-0.4, -0.2) is 11.9 Å². The van der Waals surface area contributed by atoms with Gasteiger partial charge in [-0.15, -0.1) is 0 Å². The monoisotopic (exact) mass is 368 g/mol. The lowest BCUT2D eigenvalue weighted by atomic mass is 10.1. The number of benzene rings is 2. The molecule has 0 aliphatic carbocycles. The maximum Gasteiger partial charge on any atom is 0.231 e. The van der Waals surface area contributed by atoms with E-state index in [1.54, 1.807) is 18.2 Å². The van der Waals surface area contributed by atoms with E-state index in [2.05, 4.69) is 10.6 Å². The first-order valence-electron chi connectivity index (χ1n) is 6.95. The molecular weight excluding hydrogens is 355 g/mol. The van der Waals surface area contributed by atoms with Crippen molar-refractivity contribution in [1.82, 2.24) is 5.32 Å². The molecule has 1 unspecified atom stereocenters. The number of hydrogen-bond acceptors (Lipinski definition) is 3. The average Bonchev–Trinajstić information content (AvgIpc) is 2.98. The molecule has 0 saturated carbocycles. The van der Waals surface area contributed by atoms with E-state index in [-0.39, 0.29) is 12.8 Å². The molecular formula is C16H14Cl2N2O2S. The largest absolute Gasteiger partial charge is 0.454 e. The van der Waals surface area contributed by atoms with Crippen molar-refractivity contribution in [1.29, 1.82) is 0 Å². The standard InChI is InChI=1S/C16H14Cl2N2O2S/c1-9(10-2-5-14-15(6-10)22-8-21-14)19-16(23)20-13-7-11(17)3-4-12(13)18/h2-7,9H,8H2,1H3,(H2,19,20,23). The highest BCUT2D eigenvalue weighted by Crippen LogP contribution is 2.34. The zero-order valence-corrected chi connectivity index (χ0v) is 14.6. The third-order valence-electron chi connectivity index (χ3n) is 3.42. The second-order valence-electron chi connectivity index (χ2n) is 5.06. The minimum Gasteiger partial charge on any atom is -0.454 e. The lowest BCUT2D eigenvalue weighted by Crippen LogP contribution is -2.31. The van der Waals surface area contributed by atoms with E-state index < -0.39 is 0 Å². The Kier molecular flexibility index (Phi) is 4.80. The second kappa shape index (κ2) is 6.83. The van der Waals surface area contributed by atoms with Crippen molar-refractivity contribution in [3.8, 4) is 11.5 Å². The van der Waals surface area contributed by atoms with Gasteiger partial charge in [-0.1, -0.05) is 29.3 Å². The molecule has 0 spiro atoms. The predicted octanol–water partition coefficient (Wildman–Crippen LogP) is 4.77. The van der Waals surface area contributed by atoms with Crippen molar-refractivity contribution in [3.05, 3.63) is 52.0 Å². The van der Waals surface area contributed by atoms with Gasteiger partial charge in [0.25, 0.3) is 0 Å². The highest BCUT2D eigenvalue weighted by molar-refractivity contribution is 7.80. The minimum atomic E-state index is -0.0116. The summed E-state index contributed by atoms with van der Waals surface area (Å²) in [7, 11) is 0. The summed E-state index contributed by atoms with van der Waals surface area (Å²) >= 11 is 17.4. The van der Waals surface area contributed by atoms with Crippen molar-refractivity contribution in [2.75, 3.05) is 12.1 Å². The molecule has 0 aromatic heterocycles. The number of ether oxygens (including phenoxy) is 2. The van der Waals surface area contributed by atoms with E-state index in [1.165, 1.54) is 0 Å². The van der Waals surface area contributed by atoms with E-state index in [0.29, 0.717) is 20.8 Å². The van der Waals surface area contributed by atoms with Gasteiger partial charge in [-0.05, 0) is 55.0 Å². The van der Waals surface area contributed by atoms with Crippen LogP contribution in [0.25, 0.3) is 0 Å². The van der Waals surface area contributed by atoms with E-state index in [1.807, 2.05) is 25.1 Å². The highest BCUT2D eigenvalue weighted by Gasteiger charge is 2.16. The Morgan fingerprint density at radius 2 is 1.91 bits per heavy atom. The molecule has 0 amide bonds. The SMILES string of the molecule is CC(NC(=S)Nc1cc(Cl)ccc1Cl)c1ccc2c(c1)OCO2. The molecule has 2 N–H and O–H groups in total. The maximum atomic E-state index is 6.12. The normalized spacial score (nSPS) is 13.5. The molecule has 1 aliphatic heterocycles. The van der Waals surface area contributed by atoms with Crippen molar-refractivity contribution >= 4 is 46.2 Å². The lowest BCUT2D eigenvalue weighted by Gasteiger charge is -2.18. The van der Waals surface area contributed by atoms with Crippen LogP contribution in [0.5, 0.6) is 11.5 Å². The molecule has 0 saturated heterocycles. The van der Waals surface area contributed by atoms with E-state index in [4.69, 9.17) is 44.9 Å². The van der Waals surface area contributed by atoms with Gasteiger partial charge in [0.2, 0.25) is 6.79 Å². The number of halogens is 2. The number of thiocarbonyl (C=S) groups is 1. The smallest absolute Gasteiger partial charge is 0.231 e. The molecule has 1 aliphatic rings. The van der Waals surface area contributed by atoms with Gasteiger partial charge >= 0.3 is 0 Å². The molecule has 0 radical (unpaired) electrons. The highest BCUT2D eigenvalue weighted by atomic mass is 35.5. The molecule has 120 valence electrons. The Labute approximate surface area is 149 Å². The van der Waals surface area contributed by atoms with Crippen LogP contribution in [0.4, 0.5) is 5.69 Å². The Morgan fingerprint density at radius 3 is 2.74 bits per heavy atom. The summed E-state index contributed by atoms with van der Waals surface area (Å²) in [6.45, 7) is 2.26. The molecule has 4 nitrogen and oxygen atoms in total. The van der Waals surface area contributed by atoms with Gasteiger partial charge in [0.1, 0.15) is 0 Å². The zero-order valence-electron chi connectivity index (χ0n) is 12.2. The minimum absolute atomic E-state index is 0.0116. The Balaban J connectivity index is 1.66. The first kappa shape index (κ1) is 16.2. The third kappa shape index (κ3) is 3.80. The molecule has 3 rings (SSSR count). The van der Waals surface area contributed by atoms with E-state index in [0.717, 1.165) is 17.1 Å². The second-order valence-corrected chi connectivity index (χ2v) is 6.31. The van der Waals surface area contributed by atoms with Crippen molar-refractivity contribution in [2.45, 2.75) is 13.0 Å². The first-order valence-corrected chi connectivity index (χ1v) is 8.11. The summed E-state index contributed by atoms with van der Waals surface area (Å²) in [6, 6.07) is 11.0. The van der Waals surface area contributed by atoms with Gasteiger partial charge in [0, 0.05) is 5.02 Å². The van der Waals surface area contributed by atoms with Crippen molar-refractivity contribution in [3.63, 3.8) is 0 Å². The van der Waals surface area contributed by atoms with Crippen LogP contribution in [0.15, 0.2) is 36.4 Å². The number of anilines is 1. The number of hydrogen-bond donors (Lipinski definition) is 2. The lowest BCUT2D eigenvalue weighted by molar-refractivity contribution is 0.174. The van der Waals surface area contributed by atoms with Gasteiger partial charge in [-0.2, -0.15) is 0 Å². The van der Waals surface area contributed by atoms with Gasteiger partial charge in [0.15, 0.2) is 16.6 Å². The fourth-order valence-corrected chi connectivity index (χ4v) is 2.84. The van der Waals surface area contributed by atoms with Crippen LogP contribution in [0.1, 0.15) is 18.5 Å². The molecule has 0 bridgehead atoms. The quantitative estimate of drug-likeness (QED) is 0.763. The van der Waals surface area contributed by atoms with Gasteiger partial charge in [-0.25, -0.2) is 0 Å². The predicted molar refractivity (Wildman–Crippen MR) is 96.8 cm³/mol. The molecule has 23 heavy (non-hydrogen) atoms. The van der Waals surface area contributed by atoms with Crippen molar-refractivity contribution in [2.24, 2.45) is 0 Å². The van der Waals surface area contributed by atoms with Crippen LogP contribution in [0.3, 0.4) is 0 Å². The molecule has 2 aromatic rings. The number of nitrogens with one attached hydrogen (secondary N) is 2. The first-order chi connectivity index (χ1) is 11.0. The van der Waals surface area contributed by atoms with Gasteiger partial charge in [0.05, 0.1) is 16.8 Å². The van der Waals surface area contributed by atoms with E-state index >= 15 is 0 Å². The van der Waals surface area contributed by atoms with E-state index in [9.17, 15) is 0 Å². The third-order valence-corrected chi connectivity index (χ3v) is 4.21. The average molecular weight is 369 g/mol. The summed E-state index contributed by atoms with van der Waals surface area (Å²) in [5.41, 5.74) is 1.70. The maximum absolute atomic E-state index is 6.12. The summed E-state index contributed by atoms with van der Waals surface area (Å²) in [6.07, 6.45) is 0. The topological polar surface area (TPSA) is 42.5 Å². The van der Waals surface area contributed by atoms with Crippen molar-refractivity contribution < 1.29 is 9.47 Å². The Bertz CT molecular complexity index is 755. The van der Waals surface area contributed by atoms with Crippen LogP contribution in [0, 0.1) is 0 Å². The fourth-order valence-electron chi connectivity index (χ4n) is 2.21. The summed E-state index contributed by atoms with van der Waals surface area (Å²) in [5.74, 6) is 1.50. The summed E-state index contributed by atoms with van der Waals surface area (Å²) in [4.78, 5) is 0. The zero-order chi connectivity index (χ0) is 16.4. The molecule has 1 atom stereocenters. The summed E-state index contributed by atoms with van der Waals surface area (Å²) < 4.78 is 10.7. The molecule has 0 fully saturated rings. The van der Waals surface area contributed by atoms with Crippen LogP contribution < -0.4 is 20.1 Å². The van der Waals surface area contributed by atoms with Crippen LogP contribution >= 0.6 is 35.4 Å². The fraction of sp³-hybridized carbons (Fsp3) is 0.188. The molecule has 1 heterocycles. The summed E-state index contributed by atoms with van der Waals surface area (Å²) in [5, 5.41) is 7.85.